The summed E-state index contributed by atoms with van der Waals surface area (Å²) in [5.74, 6) is -1.87. The summed E-state index contributed by atoms with van der Waals surface area (Å²) in [6.45, 7) is 1.29. The van der Waals surface area contributed by atoms with Gasteiger partial charge in [-0.15, -0.1) is 11.3 Å². The van der Waals surface area contributed by atoms with E-state index in [1.807, 2.05) is 0 Å². The van der Waals surface area contributed by atoms with Gasteiger partial charge < -0.3 is 16.0 Å². The summed E-state index contributed by atoms with van der Waals surface area (Å²) < 4.78 is 56.1. The molecule has 0 spiro atoms. The molecule has 0 saturated heterocycles. The largest absolute Gasteiger partial charge is 0.417 e. The van der Waals surface area contributed by atoms with Gasteiger partial charge >= 0.3 is 6.18 Å². The molecule has 4 rings (SSSR count). The molecular formula is C20H16F4N4O2S. The van der Waals surface area contributed by atoms with Gasteiger partial charge in [-0.1, -0.05) is 12.1 Å². The molecule has 6 nitrogen and oxygen atoms in total. The zero-order chi connectivity index (χ0) is 22.5. The molecule has 2 amide bonds. The van der Waals surface area contributed by atoms with Gasteiger partial charge in [-0.25, -0.2) is 9.37 Å². The number of hydrogen-bond donors (Lipinski definition) is 2. The fourth-order valence-corrected chi connectivity index (χ4v) is 4.64. The number of halogens is 4. The number of alkyl halides is 3. The highest BCUT2D eigenvalue weighted by Crippen LogP contribution is 2.45. The molecule has 0 aliphatic carbocycles. The van der Waals surface area contributed by atoms with Crippen molar-refractivity contribution in [2.24, 2.45) is 0 Å². The van der Waals surface area contributed by atoms with Gasteiger partial charge in [-0.2, -0.15) is 13.2 Å². The summed E-state index contributed by atoms with van der Waals surface area (Å²) >= 11 is 0.716. The topological polar surface area (TPSA) is 88.3 Å². The number of pyridine rings is 1. The molecule has 3 N–H and O–H groups in total. The number of nitrogens with one attached hydrogen (secondary N) is 1. The number of nitrogen functional groups attached to an aromatic ring is 1. The van der Waals surface area contributed by atoms with E-state index >= 15 is 0 Å². The van der Waals surface area contributed by atoms with Crippen LogP contribution in [0.4, 0.5) is 28.9 Å². The van der Waals surface area contributed by atoms with Gasteiger partial charge in [0.05, 0.1) is 16.9 Å². The monoisotopic (exact) mass is 452 g/mol. The van der Waals surface area contributed by atoms with E-state index in [4.69, 9.17) is 5.73 Å². The van der Waals surface area contributed by atoms with E-state index in [1.54, 1.807) is 0 Å². The number of aromatic nitrogens is 1. The fourth-order valence-electron chi connectivity index (χ4n) is 3.62. The maximum absolute atomic E-state index is 14.1. The highest BCUT2D eigenvalue weighted by Gasteiger charge is 2.41. The first-order valence-corrected chi connectivity index (χ1v) is 10.0. The number of thiophene rings is 1. The van der Waals surface area contributed by atoms with Crippen LogP contribution in [0.5, 0.6) is 0 Å². The lowest BCUT2D eigenvalue weighted by atomic mass is 9.96. The second-order valence-electron chi connectivity index (χ2n) is 7.06. The third-order valence-corrected chi connectivity index (χ3v) is 6.19. The molecule has 0 fully saturated rings. The number of para-hydroxylation sites is 1. The summed E-state index contributed by atoms with van der Waals surface area (Å²) in [7, 11) is 0. The van der Waals surface area contributed by atoms with Crippen molar-refractivity contribution in [3.05, 3.63) is 51.8 Å². The average Bonchev–Trinajstić information content (AvgIpc) is 3.02. The van der Waals surface area contributed by atoms with Gasteiger partial charge in [0.2, 0.25) is 5.91 Å². The highest BCUT2D eigenvalue weighted by molar-refractivity contribution is 7.21. The van der Waals surface area contributed by atoms with Crippen LogP contribution in [0.2, 0.25) is 0 Å². The van der Waals surface area contributed by atoms with E-state index in [2.05, 4.69) is 10.3 Å². The van der Waals surface area contributed by atoms with Gasteiger partial charge in [-0.05, 0) is 12.1 Å². The molecule has 3 aromatic rings. The van der Waals surface area contributed by atoms with Crippen molar-refractivity contribution in [1.82, 2.24) is 9.88 Å². The molecule has 0 saturated carbocycles. The van der Waals surface area contributed by atoms with Crippen molar-refractivity contribution in [3.63, 3.8) is 0 Å². The van der Waals surface area contributed by atoms with E-state index in [9.17, 15) is 27.2 Å². The third kappa shape index (κ3) is 3.69. The van der Waals surface area contributed by atoms with Crippen molar-refractivity contribution < 1.29 is 27.2 Å². The van der Waals surface area contributed by atoms with Crippen LogP contribution in [0.3, 0.4) is 0 Å². The molecular weight excluding hydrogens is 436 g/mol. The summed E-state index contributed by atoms with van der Waals surface area (Å²) in [6.07, 6.45) is -4.62. The lowest BCUT2D eigenvalue weighted by Gasteiger charge is -2.29. The average molecular weight is 452 g/mol. The number of hydrogen-bond acceptors (Lipinski definition) is 5. The fraction of sp³-hybridized carbons (Fsp3) is 0.250. The Kier molecular flexibility index (Phi) is 5.08. The minimum Gasteiger partial charge on any atom is -0.397 e. The van der Waals surface area contributed by atoms with Gasteiger partial charge in [0.1, 0.15) is 15.5 Å². The van der Waals surface area contributed by atoms with Crippen molar-refractivity contribution in [3.8, 4) is 0 Å². The van der Waals surface area contributed by atoms with E-state index in [-0.39, 0.29) is 63.1 Å². The van der Waals surface area contributed by atoms with Crippen LogP contribution in [0, 0.1) is 5.82 Å². The number of rotatable bonds is 2. The van der Waals surface area contributed by atoms with Gasteiger partial charge in [-0.3, -0.25) is 9.59 Å². The molecule has 1 aliphatic rings. The Labute approximate surface area is 177 Å². The second-order valence-corrected chi connectivity index (χ2v) is 8.06. The molecule has 1 aromatic carbocycles. The van der Waals surface area contributed by atoms with Crippen molar-refractivity contribution in [2.75, 3.05) is 17.6 Å². The number of benzene rings is 1. The summed E-state index contributed by atoms with van der Waals surface area (Å²) in [5.41, 5.74) is 4.61. The Bertz CT molecular complexity index is 1220. The normalized spacial score (nSPS) is 13.9. The first-order chi connectivity index (χ1) is 14.6. The molecule has 2 aromatic heterocycles. The molecule has 0 unspecified atom stereocenters. The maximum atomic E-state index is 14.1. The van der Waals surface area contributed by atoms with Crippen molar-refractivity contribution in [2.45, 2.75) is 26.1 Å². The number of nitrogens with zero attached hydrogens (tertiary/aromatic N) is 2. The molecule has 0 radical (unpaired) electrons. The Morgan fingerprint density at radius 3 is 2.61 bits per heavy atom. The summed E-state index contributed by atoms with van der Waals surface area (Å²) in [6, 6.07) is 5.41. The highest BCUT2D eigenvalue weighted by atomic mass is 32.1. The standard InChI is InChI=1S/C20H16F4N4O2S/c1-9(29)28-7-6-12-10(8-28)15(20(22,23)24)14-16(25)17(31-19(14)27-12)18(30)26-13-5-3-2-4-11(13)21/h2-5H,6-8,25H2,1H3,(H,26,30). The molecule has 1 aliphatic heterocycles. The van der Waals surface area contributed by atoms with Crippen LogP contribution in [0.25, 0.3) is 10.2 Å². The number of carbonyl (C=O) groups is 2. The smallest absolute Gasteiger partial charge is 0.397 e. The third-order valence-electron chi connectivity index (χ3n) is 5.09. The molecule has 0 bridgehead atoms. The zero-order valence-electron chi connectivity index (χ0n) is 16.1. The van der Waals surface area contributed by atoms with Crippen molar-refractivity contribution in [1.29, 1.82) is 0 Å². The van der Waals surface area contributed by atoms with Gasteiger partial charge in [0.25, 0.3) is 5.91 Å². The minimum atomic E-state index is -4.78. The molecule has 3 heterocycles. The van der Waals surface area contributed by atoms with Crippen LogP contribution < -0.4 is 11.1 Å². The van der Waals surface area contributed by atoms with Gasteiger partial charge in [0.15, 0.2) is 0 Å². The Hall–Kier alpha value is -3.21. The van der Waals surface area contributed by atoms with Gasteiger partial charge in [0, 0.05) is 43.1 Å². The van der Waals surface area contributed by atoms with Crippen LogP contribution >= 0.6 is 11.3 Å². The number of anilines is 2. The first-order valence-electron chi connectivity index (χ1n) is 9.20. The summed E-state index contributed by atoms with van der Waals surface area (Å²) in [5, 5.41) is 1.96. The minimum absolute atomic E-state index is 0.0291. The Morgan fingerprint density at radius 1 is 1.26 bits per heavy atom. The number of fused-ring (bicyclic) bond motifs is 2. The number of amides is 2. The maximum Gasteiger partial charge on any atom is 0.417 e. The lowest BCUT2D eigenvalue weighted by molar-refractivity contribution is -0.138. The van der Waals surface area contributed by atoms with E-state index < -0.39 is 23.5 Å². The number of nitrogens with two attached hydrogens (primary N) is 1. The van der Waals surface area contributed by atoms with Crippen LogP contribution in [0.1, 0.15) is 33.4 Å². The predicted molar refractivity (Wildman–Crippen MR) is 108 cm³/mol. The number of carbonyl (C=O) groups excluding carboxylic acids is 2. The SMILES string of the molecule is CC(=O)N1CCc2nc3sc(C(=O)Nc4ccccc4F)c(N)c3c(C(F)(F)F)c2C1. The van der Waals surface area contributed by atoms with E-state index in [1.165, 1.54) is 30.0 Å². The zero-order valence-corrected chi connectivity index (χ0v) is 17.0. The molecule has 31 heavy (non-hydrogen) atoms. The van der Waals surface area contributed by atoms with Crippen LogP contribution in [0.15, 0.2) is 24.3 Å². The van der Waals surface area contributed by atoms with Crippen LogP contribution in [-0.4, -0.2) is 28.2 Å². The van der Waals surface area contributed by atoms with Crippen LogP contribution in [-0.2, 0) is 23.9 Å². The Morgan fingerprint density at radius 2 is 1.97 bits per heavy atom. The summed E-state index contributed by atoms with van der Waals surface area (Å²) in [4.78, 5) is 29.8. The van der Waals surface area contributed by atoms with E-state index in [0.717, 1.165) is 6.07 Å². The first kappa shape index (κ1) is 21.0. The second kappa shape index (κ2) is 7.49. The quantitative estimate of drug-likeness (QED) is 0.571. The predicted octanol–water partition coefficient (Wildman–Crippen LogP) is 4.19. The Balaban J connectivity index is 1.86. The van der Waals surface area contributed by atoms with Crippen molar-refractivity contribution >= 4 is 44.7 Å². The molecule has 162 valence electrons. The molecule has 11 heteroatoms. The molecule has 0 atom stereocenters. The lowest BCUT2D eigenvalue weighted by Crippen LogP contribution is -2.36. The van der Waals surface area contributed by atoms with E-state index in [0.29, 0.717) is 11.3 Å².